The first-order valence-electron chi connectivity index (χ1n) is 6.59. The zero-order valence-electron chi connectivity index (χ0n) is 12.3. The van der Waals surface area contributed by atoms with Crippen LogP contribution in [0.5, 0.6) is 0 Å². The van der Waals surface area contributed by atoms with Crippen molar-refractivity contribution < 1.29 is 4.92 Å². The van der Waals surface area contributed by atoms with Gasteiger partial charge in [-0.15, -0.1) is 0 Å². The molecule has 0 aliphatic carbocycles. The number of imidazole rings is 1. The number of nitro groups is 1. The van der Waals surface area contributed by atoms with Crippen molar-refractivity contribution in [3.63, 3.8) is 0 Å². The minimum atomic E-state index is -0.506. The maximum Gasteiger partial charge on any atom is 0.342 e. The van der Waals surface area contributed by atoms with Crippen molar-refractivity contribution in [3.8, 4) is 11.5 Å². The fourth-order valence-electron chi connectivity index (χ4n) is 2.39. The molecule has 1 N–H and O–H groups in total. The summed E-state index contributed by atoms with van der Waals surface area (Å²) in [5.74, 6) is 0.203. The number of hydrogen-bond acceptors (Lipinski definition) is 6. The van der Waals surface area contributed by atoms with Gasteiger partial charge in [-0.3, -0.25) is 5.41 Å². The molecule has 114 valence electrons. The standard InChI is InChI=1S/C12H14N8O2/c1-4-19-6-15-11-8(10(19)13)9(16-18(11)3)12-14-5-7(17(12)2)20(21)22/h5-6,13H,4H2,1-3H3. The highest BCUT2D eigenvalue weighted by molar-refractivity contribution is 5.88. The van der Waals surface area contributed by atoms with E-state index >= 15 is 0 Å². The normalized spacial score (nSPS) is 11.2. The monoisotopic (exact) mass is 302 g/mol. The van der Waals surface area contributed by atoms with Gasteiger partial charge in [0.2, 0.25) is 5.82 Å². The van der Waals surface area contributed by atoms with E-state index < -0.39 is 4.92 Å². The van der Waals surface area contributed by atoms with Crippen LogP contribution in [0.3, 0.4) is 0 Å². The third kappa shape index (κ3) is 1.80. The lowest BCUT2D eigenvalue weighted by Gasteiger charge is -2.03. The third-order valence-electron chi connectivity index (χ3n) is 3.56. The Balaban J connectivity index is 2.37. The van der Waals surface area contributed by atoms with Crippen LogP contribution in [0.2, 0.25) is 0 Å². The SMILES string of the molecule is CCn1cnc2c(c(-c3ncc([N+](=O)[O-])n3C)nn2C)c1=N. The zero-order valence-corrected chi connectivity index (χ0v) is 12.3. The van der Waals surface area contributed by atoms with Gasteiger partial charge in [0.15, 0.2) is 11.3 Å². The Labute approximate surface area is 124 Å². The van der Waals surface area contributed by atoms with Gasteiger partial charge in [-0.05, 0) is 11.8 Å². The fourth-order valence-corrected chi connectivity index (χ4v) is 2.39. The second kappa shape index (κ2) is 4.76. The third-order valence-corrected chi connectivity index (χ3v) is 3.56. The molecule has 3 aromatic rings. The average molecular weight is 302 g/mol. The molecule has 0 bridgehead atoms. The molecule has 0 aromatic carbocycles. The Hall–Kier alpha value is -3.04. The molecule has 22 heavy (non-hydrogen) atoms. The van der Waals surface area contributed by atoms with Gasteiger partial charge in [-0.1, -0.05) is 0 Å². The van der Waals surface area contributed by atoms with Crippen LogP contribution >= 0.6 is 0 Å². The van der Waals surface area contributed by atoms with Crippen LogP contribution in [0.15, 0.2) is 12.5 Å². The molecule has 0 atom stereocenters. The minimum Gasteiger partial charge on any atom is -0.358 e. The average Bonchev–Trinajstić information content (AvgIpc) is 3.01. The van der Waals surface area contributed by atoms with Crippen LogP contribution in [-0.4, -0.2) is 33.8 Å². The molecular formula is C12H14N8O2. The Bertz CT molecular complexity index is 948. The lowest BCUT2D eigenvalue weighted by molar-refractivity contribution is -0.391. The van der Waals surface area contributed by atoms with Crippen molar-refractivity contribution in [2.75, 3.05) is 0 Å². The lowest BCUT2D eigenvalue weighted by Crippen LogP contribution is -2.20. The highest BCUT2D eigenvalue weighted by Gasteiger charge is 2.24. The Morgan fingerprint density at radius 1 is 1.36 bits per heavy atom. The summed E-state index contributed by atoms with van der Waals surface area (Å²) in [6, 6.07) is 0. The maximum absolute atomic E-state index is 11.0. The van der Waals surface area contributed by atoms with E-state index in [1.54, 1.807) is 29.7 Å². The summed E-state index contributed by atoms with van der Waals surface area (Å²) in [5.41, 5.74) is 1.20. The van der Waals surface area contributed by atoms with Gasteiger partial charge in [0.05, 0.1) is 18.8 Å². The molecule has 0 spiro atoms. The van der Waals surface area contributed by atoms with Crippen molar-refractivity contribution in [2.45, 2.75) is 13.5 Å². The molecule has 0 unspecified atom stereocenters. The maximum atomic E-state index is 11.0. The first-order valence-corrected chi connectivity index (χ1v) is 6.59. The predicted molar refractivity (Wildman–Crippen MR) is 76.9 cm³/mol. The summed E-state index contributed by atoms with van der Waals surface area (Å²) < 4.78 is 4.57. The quantitative estimate of drug-likeness (QED) is 0.560. The van der Waals surface area contributed by atoms with Gasteiger partial charge in [0.1, 0.15) is 11.7 Å². The van der Waals surface area contributed by atoms with Crippen LogP contribution in [0.1, 0.15) is 6.92 Å². The molecule has 3 heterocycles. The molecule has 0 aliphatic heterocycles. The molecule has 0 amide bonds. The highest BCUT2D eigenvalue weighted by Crippen LogP contribution is 2.25. The molecule has 0 fully saturated rings. The summed E-state index contributed by atoms with van der Waals surface area (Å²) in [6.07, 6.45) is 2.76. The zero-order chi connectivity index (χ0) is 16.0. The smallest absolute Gasteiger partial charge is 0.342 e. The van der Waals surface area contributed by atoms with Crippen LogP contribution in [0, 0.1) is 15.5 Å². The van der Waals surface area contributed by atoms with Gasteiger partial charge in [0, 0.05) is 13.6 Å². The van der Waals surface area contributed by atoms with Gasteiger partial charge < -0.3 is 14.7 Å². The second-order valence-electron chi connectivity index (χ2n) is 4.81. The second-order valence-corrected chi connectivity index (χ2v) is 4.81. The summed E-state index contributed by atoms with van der Waals surface area (Å²) in [6.45, 7) is 2.50. The highest BCUT2D eigenvalue weighted by atomic mass is 16.6. The number of fused-ring (bicyclic) bond motifs is 1. The van der Waals surface area contributed by atoms with Crippen molar-refractivity contribution >= 4 is 16.9 Å². The lowest BCUT2D eigenvalue weighted by atomic mass is 10.3. The Kier molecular flexibility index (Phi) is 3.01. The molecule has 0 aliphatic rings. The van der Waals surface area contributed by atoms with E-state index in [1.807, 2.05) is 6.92 Å². The number of aryl methyl sites for hydroxylation is 2. The Morgan fingerprint density at radius 3 is 2.68 bits per heavy atom. The summed E-state index contributed by atoms with van der Waals surface area (Å²) in [7, 11) is 3.26. The number of nitrogens with one attached hydrogen (secondary N) is 1. The van der Waals surface area contributed by atoms with E-state index in [0.29, 0.717) is 29.1 Å². The largest absolute Gasteiger partial charge is 0.358 e. The first-order chi connectivity index (χ1) is 10.5. The molecule has 0 saturated heterocycles. The van der Waals surface area contributed by atoms with Gasteiger partial charge in [-0.25, -0.2) is 19.2 Å². The van der Waals surface area contributed by atoms with Gasteiger partial charge in [-0.2, -0.15) is 5.10 Å². The molecule has 10 heteroatoms. The van der Waals surface area contributed by atoms with E-state index in [4.69, 9.17) is 5.41 Å². The van der Waals surface area contributed by atoms with Crippen LogP contribution < -0.4 is 5.49 Å². The van der Waals surface area contributed by atoms with Gasteiger partial charge in [0.25, 0.3) is 0 Å². The van der Waals surface area contributed by atoms with Gasteiger partial charge >= 0.3 is 5.82 Å². The predicted octanol–water partition coefficient (Wildman–Crippen LogP) is 0.578. The molecular weight excluding hydrogens is 288 g/mol. The summed E-state index contributed by atoms with van der Waals surface area (Å²) in [5, 5.41) is 24.1. The molecule has 3 rings (SSSR count). The topological polar surface area (TPSA) is 120 Å². The Morgan fingerprint density at radius 2 is 2.09 bits per heavy atom. The minimum absolute atomic E-state index is 0.132. The van der Waals surface area contributed by atoms with E-state index in [1.165, 1.54) is 10.8 Å². The van der Waals surface area contributed by atoms with E-state index in [2.05, 4.69) is 15.1 Å². The van der Waals surface area contributed by atoms with Crippen molar-refractivity contribution in [1.29, 1.82) is 5.41 Å². The summed E-state index contributed by atoms with van der Waals surface area (Å²) in [4.78, 5) is 18.9. The van der Waals surface area contributed by atoms with Crippen LogP contribution in [-0.2, 0) is 20.6 Å². The van der Waals surface area contributed by atoms with E-state index in [9.17, 15) is 10.1 Å². The fraction of sp³-hybridized carbons (Fsp3) is 0.333. The van der Waals surface area contributed by atoms with E-state index in [0.717, 1.165) is 0 Å². The molecule has 0 saturated carbocycles. The molecule has 3 aromatic heterocycles. The molecule has 0 radical (unpaired) electrons. The molecule has 10 nitrogen and oxygen atoms in total. The van der Waals surface area contributed by atoms with Crippen LogP contribution in [0.4, 0.5) is 5.82 Å². The van der Waals surface area contributed by atoms with Crippen LogP contribution in [0.25, 0.3) is 22.6 Å². The number of hydrogen-bond donors (Lipinski definition) is 1. The van der Waals surface area contributed by atoms with Crippen molar-refractivity contribution in [2.24, 2.45) is 14.1 Å². The van der Waals surface area contributed by atoms with Crippen molar-refractivity contribution in [3.05, 3.63) is 28.1 Å². The van der Waals surface area contributed by atoms with E-state index in [-0.39, 0.29) is 11.3 Å². The number of nitrogens with zero attached hydrogens (tertiary/aromatic N) is 7. The van der Waals surface area contributed by atoms with Crippen molar-refractivity contribution in [1.82, 2.24) is 28.9 Å². The number of aromatic nitrogens is 6. The summed E-state index contributed by atoms with van der Waals surface area (Å²) >= 11 is 0. The first kappa shape index (κ1) is 13.9. The number of rotatable bonds is 3.